The predicted octanol–water partition coefficient (Wildman–Crippen LogP) is 5.73. The van der Waals surface area contributed by atoms with Gasteiger partial charge in [0.2, 0.25) is 5.91 Å². The molecule has 0 saturated heterocycles. The van der Waals surface area contributed by atoms with Crippen LogP contribution < -0.4 is 20.5 Å². The number of anilines is 1. The number of benzene rings is 3. The number of methoxy groups -OCH3 is 1. The highest BCUT2D eigenvalue weighted by Crippen LogP contribution is 2.36. The highest BCUT2D eigenvalue weighted by atomic mass is 32.1. The van der Waals surface area contributed by atoms with Gasteiger partial charge in [0.1, 0.15) is 23.4 Å². The zero-order valence-electron chi connectivity index (χ0n) is 18.2. The van der Waals surface area contributed by atoms with Crippen molar-refractivity contribution in [1.82, 2.24) is 0 Å². The molecule has 1 aromatic heterocycles. The second kappa shape index (κ2) is 10.2. The first-order valence-corrected chi connectivity index (χ1v) is 11.4. The lowest BCUT2D eigenvalue weighted by Gasteiger charge is -2.20. The van der Waals surface area contributed by atoms with E-state index in [-0.39, 0.29) is 17.8 Å². The van der Waals surface area contributed by atoms with Crippen molar-refractivity contribution in [3.8, 4) is 11.5 Å². The molecule has 0 saturated carbocycles. The topological polar surface area (TPSA) is 97.4 Å². The second-order valence-corrected chi connectivity index (χ2v) is 8.61. The fourth-order valence-corrected chi connectivity index (χ4v) is 4.48. The standard InChI is InChI=1S/C26H25N3O3S/c1-31-19-12-10-18(11-13-19)29-25(30)15-14-21(17-6-3-2-4-7-17)32-22-8-5-9-23-20(22)16-24(33-23)26(27)28/h2-13,16,21H,14-15H2,1H3,(H3,27,28)(H,29,30). The molecular weight excluding hydrogens is 434 g/mol. The molecule has 4 N–H and O–H groups in total. The maximum Gasteiger partial charge on any atom is 0.224 e. The minimum atomic E-state index is -0.306. The van der Waals surface area contributed by atoms with Crippen LogP contribution in [-0.2, 0) is 4.79 Å². The molecule has 1 heterocycles. The Labute approximate surface area is 196 Å². The minimum absolute atomic E-state index is 0.0389. The second-order valence-electron chi connectivity index (χ2n) is 7.52. The molecule has 0 aliphatic rings. The Morgan fingerprint density at radius 1 is 1.06 bits per heavy atom. The van der Waals surface area contributed by atoms with Crippen LogP contribution in [0.3, 0.4) is 0 Å². The maximum atomic E-state index is 12.6. The van der Waals surface area contributed by atoms with Crippen molar-refractivity contribution in [2.24, 2.45) is 5.73 Å². The van der Waals surface area contributed by atoms with Crippen LogP contribution in [0.1, 0.15) is 29.4 Å². The van der Waals surface area contributed by atoms with Crippen molar-refractivity contribution in [3.05, 3.63) is 89.3 Å². The Kier molecular flexibility index (Phi) is 6.90. The summed E-state index contributed by atoms with van der Waals surface area (Å²) in [6.45, 7) is 0. The van der Waals surface area contributed by atoms with E-state index in [9.17, 15) is 4.79 Å². The summed E-state index contributed by atoms with van der Waals surface area (Å²) in [7, 11) is 1.61. The van der Waals surface area contributed by atoms with Crippen molar-refractivity contribution in [2.45, 2.75) is 18.9 Å². The first-order valence-electron chi connectivity index (χ1n) is 10.6. The largest absolute Gasteiger partial charge is 0.497 e. The monoisotopic (exact) mass is 459 g/mol. The third-order valence-electron chi connectivity index (χ3n) is 5.23. The Balaban J connectivity index is 1.51. The number of carbonyl (C=O) groups excluding carboxylic acids is 1. The third kappa shape index (κ3) is 5.51. The number of amidine groups is 1. The van der Waals surface area contributed by atoms with E-state index in [2.05, 4.69) is 5.32 Å². The molecule has 1 unspecified atom stereocenters. The Morgan fingerprint density at radius 2 is 1.82 bits per heavy atom. The van der Waals surface area contributed by atoms with Crippen LogP contribution in [0.5, 0.6) is 11.5 Å². The van der Waals surface area contributed by atoms with Gasteiger partial charge < -0.3 is 20.5 Å². The van der Waals surface area contributed by atoms with Crippen LogP contribution in [0, 0.1) is 5.41 Å². The number of hydrogen-bond acceptors (Lipinski definition) is 5. The van der Waals surface area contributed by atoms with Gasteiger partial charge in [0, 0.05) is 22.2 Å². The summed E-state index contributed by atoms with van der Waals surface area (Å²) in [6, 6.07) is 24.8. The molecule has 0 aliphatic carbocycles. The average Bonchev–Trinajstić information content (AvgIpc) is 3.28. The van der Waals surface area contributed by atoms with Crippen molar-refractivity contribution in [3.63, 3.8) is 0 Å². The number of nitrogens with one attached hydrogen (secondary N) is 2. The van der Waals surface area contributed by atoms with Gasteiger partial charge in [-0.25, -0.2) is 0 Å². The molecule has 0 spiro atoms. The summed E-state index contributed by atoms with van der Waals surface area (Å²) in [4.78, 5) is 13.3. The van der Waals surface area contributed by atoms with Crippen molar-refractivity contribution in [1.29, 1.82) is 5.41 Å². The molecule has 0 fully saturated rings. The molecule has 7 heteroatoms. The highest BCUT2D eigenvalue weighted by molar-refractivity contribution is 7.20. The molecule has 3 aromatic carbocycles. The minimum Gasteiger partial charge on any atom is -0.497 e. The molecule has 4 aromatic rings. The number of nitrogens with two attached hydrogens (primary N) is 1. The van der Waals surface area contributed by atoms with Gasteiger partial charge in [-0.3, -0.25) is 10.2 Å². The number of amides is 1. The van der Waals surface area contributed by atoms with Gasteiger partial charge in [0.25, 0.3) is 0 Å². The van der Waals surface area contributed by atoms with Crippen LogP contribution in [0.25, 0.3) is 10.1 Å². The fraction of sp³-hybridized carbons (Fsp3) is 0.154. The molecule has 1 atom stereocenters. The van der Waals surface area contributed by atoms with E-state index >= 15 is 0 Å². The number of thiophene rings is 1. The quantitative estimate of drug-likeness (QED) is 0.220. The van der Waals surface area contributed by atoms with Gasteiger partial charge in [0.15, 0.2) is 0 Å². The number of carbonyl (C=O) groups is 1. The van der Waals surface area contributed by atoms with Crippen LogP contribution in [0.15, 0.2) is 78.9 Å². The summed E-state index contributed by atoms with van der Waals surface area (Å²) in [6.07, 6.45) is 0.495. The van der Waals surface area contributed by atoms with E-state index in [4.69, 9.17) is 20.6 Å². The van der Waals surface area contributed by atoms with Crippen LogP contribution in [0.2, 0.25) is 0 Å². The molecular formula is C26H25N3O3S. The third-order valence-corrected chi connectivity index (χ3v) is 6.37. The lowest BCUT2D eigenvalue weighted by atomic mass is 10.0. The number of rotatable bonds is 9. The predicted molar refractivity (Wildman–Crippen MR) is 134 cm³/mol. The average molecular weight is 460 g/mol. The van der Waals surface area contributed by atoms with E-state index in [1.807, 2.05) is 78.9 Å². The summed E-state index contributed by atoms with van der Waals surface area (Å²) < 4.78 is 12.6. The highest BCUT2D eigenvalue weighted by Gasteiger charge is 2.18. The fourth-order valence-electron chi connectivity index (χ4n) is 3.54. The van der Waals surface area contributed by atoms with Crippen LogP contribution in [-0.4, -0.2) is 18.9 Å². The van der Waals surface area contributed by atoms with Gasteiger partial charge in [-0.15, -0.1) is 11.3 Å². The van der Waals surface area contributed by atoms with E-state index in [1.54, 1.807) is 7.11 Å². The summed E-state index contributed by atoms with van der Waals surface area (Å²) in [5.41, 5.74) is 7.40. The van der Waals surface area contributed by atoms with E-state index in [0.29, 0.717) is 23.5 Å². The molecule has 6 nitrogen and oxygen atoms in total. The smallest absolute Gasteiger partial charge is 0.224 e. The van der Waals surface area contributed by atoms with Gasteiger partial charge in [-0.2, -0.15) is 0 Å². The van der Waals surface area contributed by atoms with E-state index in [0.717, 1.165) is 27.1 Å². The number of ether oxygens (including phenoxy) is 2. The maximum absolute atomic E-state index is 12.6. The molecule has 33 heavy (non-hydrogen) atoms. The molecule has 0 aliphatic heterocycles. The van der Waals surface area contributed by atoms with Crippen molar-refractivity contribution in [2.75, 3.05) is 12.4 Å². The molecule has 168 valence electrons. The molecule has 4 rings (SSSR count). The van der Waals surface area contributed by atoms with Gasteiger partial charge in [-0.1, -0.05) is 36.4 Å². The Bertz CT molecular complexity index is 1250. The van der Waals surface area contributed by atoms with Crippen LogP contribution >= 0.6 is 11.3 Å². The lowest BCUT2D eigenvalue weighted by Crippen LogP contribution is -2.15. The summed E-state index contributed by atoms with van der Waals surface area (Å²) in [5, 5.41) is 11.6. The van der Waals surface area contributed by atoms with Gasteiger partial charge in [0.05, 0.1) is 12.0 Å². The Hall–Kier alpha value is -3.84. The number of fused-ring (bicyclic) bond motifs is 1. The number of nitrogen functional groups attached to an aromatic ring is 1. The van der Waals surface area contributed by atoms with Crippen LogP contribution in [0.4, 0.5) is 5.69 Å². The molecule has 1 amide bonds. The normalized spacial score (nSPS) is 11.7. The Morgan fingerprint density at radius 3 is 2.52 bits per heavy atom. The van der Waals surface area contributed by atoms with Crippen molar-refractivity contribution < 1.29 is 14.3 Å². The van der Waals surface area contributed by atoms with Gasteiger partial charge >= 0.3 is 0 Å². The zero-order chi connectivity index (χ0) is 23.2. The summed E-state index contributed by atoms with van der Waals surface area (Å²) in [5.74, 6) is 1.40. The molecule has 0 bridgehead atoms. The zero-order valence-corrected chi connectivity index (χ0v) is 19.0. The first-order chi connectivity index (χ1) is 16.0. The summed E-state index contributed by atoms with van der Waals surface area (Å²) >= 11 is 1.46. The van der Waals surface area contributed by atoms with E-state index in [1.165, 1.54) is 11.3 Å². The molecule has 0 radical (unpaired) electrons. The number of hydrogen-bond donors (Lipinski definition) is 3. The van der Waals surface area contributed by atoms with Crippen molar-refractivity contribution >= 4 is 38.9 Å². The van der Waals surface area contributed by atoms with E-state index < -0.39 is 0 Å². The lowest BCUT2D eigenvalue weighted by molar-refractivity contribution is -0.116. The van der Waals surface area contributed by atoms with Gasteiger partial charge in [-0.05, 0) is 54.4 Å². The SMILES string of the molecule is COc1ccc(NC(=O)CCC(Oc2cccc3sc(C(=N)N)cc23)c2ccccc2)cc1. The first kappa shape index (κ1) is 22.4.